The van der Waals surface area contributed by atoms with Crippen LogP contribution in [0.5, 0.6) is 0 Å². The van der Waals surface area contributed by atoms with Crippen molar-refractivity contribution in [2.45, 2.75) is 51.6 Å². The van der Waals surface area contributed by atoms with Gasteiger partial charge in [0.1, 0.15) is 4.99 Å². The number of nitrogens with two attached hydrogens (primary N) is 1. The maximum absolute atomic E-state index is 6.38. The lowest BCUT2D eigenvalue weighted by Gasteiger charge is -2.29. The fourth-order valence-corrected chi connectivity index (χ4v) is 3.32. The SMILES string of the molecule is CCC1CCCCCN1Cc1ccc(C(N)=S)cc1Cl. The molecular formula is C16H23ClN2S. The molecule has 1 unspecified atom stereocenters. The van der Waals surface area contributed by atoms with Crippen molar-refractivity contribution in [3.63, 3.8) is 0 Å². The molecule has 1 aliphatic rings. The molecule has 0 aliphatic carbocycles. The monoisotopic (exact) mass is 310 g/mol. The van der Waals surface area contributed by atoms with Gasteiger partial charge in [-0.05, 0) is 37.4 Å². The second kappa shape index (κ2) is 7.39. The molecular weight excluding hydrogens is 288 g/mol. The molecule has 0 radical (unpaired) electrons. The Balaban J connectivity index is 2.13. The number of halogens is 1. The van der Waals surface area contributed by atoms with Gasteiger partial charge in [-0.3, -0.25) is 4.90 Å². The van der Waals surface area contributed by atoms with Gasteiger partial charge in [0.15, 0.2) is 0 Å². The van der Waals surface area contributed by atoms with Gasteiger partial charge in [-0.15, -0.1) is 0 Å². The zero-order valence-electron chi connectivity index (χ0n) is 12.1. The van der Waals surface area contributed by atoms with Crippen LogP contribution in [0.4, 0.5) is 0 Å². The molecule has 1 aromatic rings. The van der Waals surface area contributed by atoms with E-state index in [1.165, 1.54) is 44.2 Å². The highest BCUT2D eigenvalue weighted by Crippen LogP contribution is 2.25. The first-order chi connectivity index (χ1) is 9.61. The Labute approximate surface area is 132 Å². The van der Waals surface area contributed by atoms with Crippen molar-refractivity contribution in [2.75, 3.05) is 6.54 Å². The van der Waals surface area contributed by atoms with Crippen LogP contribution in [-0.4, -0.2) is 22.5 Å². The molecule has 1 atom stereocenters. The highest BCUT2D eigenvalue weighted by atomic mass is 35.5. The number of benzene rings is 1. The first-order valence-corrected chi connectivity index (χ1v) is 8.22. The zero-order chi connectivity index (χ0) is 14.5. The summed E-state index contributed by atoms with van der Waals surface area (Å²) < 4.78 is 0. The van der Waals surface area contributed by atoms with E-state index >= 15 is 0 Å². The standard InChI is InChI=1S/C16H23ClN2S/c1-2-14-6-4-3-5-9-19(14)11-13-8-7-12(16(18)20)10-15(13)17/h7-8,10,14H,2-6,9,11H2,1H3,(H2,18,20). The predicted octanol–water partition coefficient (Wildman–Crippen LogP) is 4.13. The first kappa shape index (κ1) is 15.7. The predicted molar refractivity (Wildman–Crippen MR) is 90.3 cm³/mol. The molecule has 0 spiro atoms. The van der Waals surface area contributed by atoms with E-state index < -0.39 is 0 Å². The summed E-state index contributed by atoms with van der Waals surface area (Å²) in [5.74, 6) is 0. The largest absolute Gasteiger partial charge is 0.389 e. The van der Waals surface area contributed by atoms with Gasteiger partial charge >= 0.3 is 0 Å². The third-order valence-electron chi connectivity index (χ3n) is 4.18. The molecule has 1 aromatic carbocycles. The van der Waals surface area contributed by atoms with Crippen LogP contribution in [0.2, 0.25) is 5.02 Å². The molecule has 1 saturated heterocycles. The average Bonchev–Trinajstić information content (AvgIpc) is 2.65. The number of nitrogens with zero attached hydrogens (tertiary/aromatic N) is 1. The van der Waals surface area contributed by atoms with Crippen molar-refractivity contribution in [1.82, 2.24) is 4.90 Å². The lowest BCUT2D eigenvalue weighted by atomic mass is 10.1. The Morgan fingerprint density at radius 3 is 2.85 bits per heavy atom. The normalized spacial score (nSPS) is 20.6. The summed E-state index contributed by atoms with van der Waals surface area (Å²) in [4.78, 5) is 2.98. The summed E-state index contributed by atoms with van der Waals surface area (Å²) in [7, 11) is 0. The van der Waals surface area contributed by atoms with E-state index in [0.717, 1.165) is 17.1 Å². The van der Waals surface area contributed by atoms with Crippen LogP contribution in [-0.2, 0) is 6.54 Å². The molecule has 1 aliphatic heterocycles. The number of hydrogen-bond donors (Lipinski definition) is 1. The van der Waals surface area contributed by atoms with E-state index in [4.69, 9.17) is 29.6 Å². The van der Waals surface area contributed by atoms with Crippen LogP contribution < -0.4 is 5.73 Å². The Kier molecular flexibility index (Phi) is 5.82. The van der Waals surface area contributed by atoms with Gasteiger partial charge in [-0.1, -0.05) is 55.7 Å². The van der Waals surface area contributed by atoms with Crippen LogP contribution >= 0.6 is 23.8 Å². The van der Waals surface area contributed by atoms with Crippen molar-refractivity contribution in [3.05, 3.63) is 34.3 Å². The second-order valence-corrected chi connectivity index (χ2v) is 6.40. The molecule has 2 N–H and O–H groups in total. The molecule has 0 bridgehead atoms. The Morgan fingerprint density at radius 2 is 2.20 bits per heavy atom. The third-order valence-corrected chi connectivity index (χ3v) is 4.77. The first-order valence-electron chi connectivity index (χ1n) is 7.44. The number of hydrogen-bond acceptors (Lipinski definition) is 2. The zero-order valence-corrected chi connectivity index (χ0v) is 13.6. The molecule has 2 rings (SSSR count). The van der Waals surface area contributed by atoms with E-state index in [-0.39, 0.29) is 0 Å². The van der Waals surface area contributed by atoms with E-state index in [0.29, 0.717) is 11.0 Å². The summed E-state index contributed by atoms with van der Waals surface area (Å²) in [6.07, 6.45) is 6.50. The Hall–Kier alpha value is -0.640. The van der Waals surface area contributed by atoms with Crippen molar-refractivity contribution in [3.8, 4) is 0 Å². The summed E-state index contributed by atoms with van der Waals surface area (Å²) in [6, 6.07) is 6.61. The Bertz CT molecular complexity index is 476. The highest BCUT2D eigenvalue weighted by molar-refractivity contribution is 7.80. The molecule has 110 valence electrons. The molecule has 0 aromatic heterocycles. The average molecular weight is 311 g/mol. The number of likely N-dealkylation sites (tertiary alicyclic amines) is 1. The highest BCUT2D eigenvalue weighted by Gasteiger charge is 2.20. The van der Waals surface area contributed by atoms with Crippen LogP contribution in [0.3, 0.4) is 0 Å². The molecule has 4 heteroatoms. The van der Waals surface area contributed by atoms with Crippen LogP contribution in [0, 0.1) is 0 Å². The Morgan fingerprint density at radius 1 is 1.40 bits per heavy atom. The maximum atomic E-state index is 6.38. The maximum Gasteiger partial charge on any atom is 0.104 e. The van der Waals surface area contributed by atoms with Crippen LogP contribution in [0.1, 0.15) is 50.2 Å². The van der Waals surface area contributed by atoms with Gasteiger partial charge in [0.05, 0.1) is 0 Å². The molecule has 2 nitrogen and oxygen atoms in total. The van der Waals surface area contributed by atoms with Gasteiger partial charge in [-0.2, -0.15) is 0 Å². The summed E-state index contributed by atoms with van der Waals surface area (Å²) >= 11 is 11.4. The van der Waals surface area contributed by atoms with E-state index in [1.54, 1.807) is 0 Å². The fourth-order valence-electron chi connectivity index (χ4n) is 2.95. The molecule has 0 saturated carbocycles. The summed E-state index contributed by atoms with van der Waals surface area (Å²) in [6.45, 7) is 4.38. The van der Waals surface area contributed by atoms with Crippen molar-refractivity contribution >= 4 is 28.8 Å². The minimum Gasteiger partial charge on any atom is -0.389 e. The van der Waals surface area contributed by atoms with Gasteiger partial charge in [0.2, 0.25) is 0 Å². The lowest BCUT2D eigenvalue weighted by Crippen LogP contribution is -2.33. The van der Waals surface area contributed by atoms with E-state index in [9.17, 15) is 0 Å². The smallest absolute Gasteiger partial charge is 0.104 e. The van der Waals surface area contributed by atoms with Gasteiger partial charge in [0, 0.05) is 23.2 Å². The summed E-state index contributed by atoms with van der Waals surface area (Å²) in [5.41, 5.74) is 7.66. The van der Waals surface area contributed by atoms with Gasteiger partial charge in [-0.25, -0.2) is 0 Å². The third kappa shape index (κ3) is 3.94. The minimum atomic E-state index is 0.402. The van der Waals surface area contributed by atoms with Crippen LogP contribution in [0.15, 0.2) is 18.2 Å². The van der Waals surface area contributed by atoms with Crippen molar-refractivity contribution < 1.29 is 0 Å². The van der Waals surface area contributed by atoms with E-state index in [1.807, 2.05) is 12.1 Å². The minimum absolute atomic E-state index is 0.402. The van der Waals surface area contributed by atoms with Crippen molar-refractivity contribution in [1.29, 1.82) is 0 Å². The molecule has 1 heterocycles. The molecule has 1 fully saturated rings. The van der Waals surface area contributed by atoms with Crippen LogP contribution in [0.25, 0.3) is 0 Å². The topological polar surface area (TPSA) is 29.3 Å². The molecule has 0 amide bonds. The molecule has 20 heavy (non-hydrogen) atoms. The fraction of sp³-hybridized carbons (Fsp3) is 0.562. The van der Waals surface area contributed by atoms with Gasteiger partial charge in [0.25, 0.3) is 0 Å². The van der Waals surface area contributed by atoms with Gasteiger partial charge < -0.3 is 5.73 Å². The quantitative estimate of drug-likeness (QED) is 0.848. The lowest BCUT2D eigenvalue weighted by molar-refractivity contribution is 0.186. The summed E-state index contributed by atoms with van der Waals surface area (Å²) in [5, 5.41) is 0.773. The van der Waals surface area contributed by atoms with E-state index in [2.05, 4.69) is 17.9 Å². The second-order valence-electron chi connectivity index (χ2n) is 5.55. The van der Waals surface area contributed by atoms with Crippen molar-refractivity contribution in [2.24, 2.45) is 5.73 Å². The number of rotatable bonds is 4. The number of thiocarbonyl (C=S) groups is 1.